The maximum Gasteiger partial charge on any atom is 0.119 e. The summed E-state index contributed by atoms with van der Waals surface area (Å²) in [7, 11) is 0. The van der Waals surface area contributed by atoms with E-state index in [1.807, 2.05) is 6.07 Å². The molecule has 2 N–H and O–H groups in total. The summed E-state index contributed by atoms with van der Waals surface area (Å²) in [4.78, 5) is 9.47. The van der Waals surface area contributed by atoms with Crippen LogP contribution in [-0.4, -0.2) is 9.97 Å². The van der Waals surface area contributed by atoms with Crippen LogP contribution in [0.5, 0.6) is 0 Å². The van der Waals surface area contributed by atoms with Crippen LogP contribution in [0.25, 0.3) is 0 Å². The van der Waals surface area contributed by atoms with Gasteiger partial charge in [-0.15, -0.1) is 0 Å². The first-order valence-corrected chi connectivity index (χ1v) is 5.84. The van der Waals surface area contributed by atoms with Gasteiger partial charge < -0.3 is 5.73 Å². The van der Waals surface area contributed by atoms with E-state index >= 15 is 0 Å². The molecule has 0 atom stereocenters. The van der Waals surface area contributed by atoms with Gasteiger partial charge in [0.2, 0.25) is 0 Å². The Kier molecular flexibility index (Phi) is 3.54. The van der Waals surface area contributed by atoms with Crippen LogP contribution in [0.15, 0.2) is 46.7 Å². The molecule has 0 aliphatic carbocycles. The first kappa shape index (κ1) is 11.1. The van der Waals surface area contributed by atoms with Gasteiger partial charge in [-0.3, -0.25) is 4.98 Å². The smallest absolute Gasteiger partial charge is 0.119 e. The van der Waals surface area contributed by atoms with E-state index in [9.17, 15) is 0 Å². The Morgan fingerprint density at radius 2 is 2.19 bits per heavy atom. The molecule has 1 heterocycles. The van der Waals surface area contributed by atoms with Crippen LogP contribution in [0.1, 0.15) is 11.1 Å². The van der Waals surface area contributed by atoms with Crippen molar-refractivity contribution in [3.8, 4) is 0 Å². The summed E-state index contributed by atoms with van der Waals surface area (Å²) < 4.78 is 0. The Balaban J connectivity index is 2.22. The Morgan fingerprint density at radius 3 is 2.81 bits per heavy atom. The highest BCUT2D eigenvalue weighted by Gasteiger charge is 2.02. The molecule has 0 amide bonds. The van der Waals surface area contributed by atoms with Crippen molar-refractivity contribution in [1.29, 1.82) is 0 Å². The third-order valence-corrected chi connectivity index (χ3v) is 3.33. The monoisotopic (exact) mass is 231 g/mol. The van der Waals surface area contributed by atoms with Crippen LogP contribution < -0.4 is 5.73 Å². The number of nitrogens with two attached hydrogens (primary N) is 1. The predicted octanol–water partition coefficient (Wildman–Crippen LogP) is 2.39. The molecule has 2 aromatic rings. The highest BCUT2D eigenvalue weighted by Crippen LogP contribution is 2.28. The van der Waals surface area contributed by atoms with Crippen LogP contribution in [0, 0.1) is 6.92 Å². The summed E-state index contributed by atoms with van der Waals surface area (Å²) >= 11 is 1.62. The summed E-state index contributed by atoms with van der Waals surface area (Å²) in [5.41, 5.74) is 7.97. The van der Waals surface area contributed by atoms with Crippen LogP contribution in [-0.2, 0) is 6.54 Å². The normalized spacial score (nSPS) is 10.4. The molecule has 3 nitrogen and oxygen atoms in total. The van der Waals surface area contributed by atoms with Gasteiger partial charge in [-0.1, -0.05) is 23.9 Å². The second-order valence-electron chi connectivity index (χ2n) is 3.45. The molecular formula is C12H13N3S. The first-order valence-electron chi connectivity index (χ1n) is 5.03. The van der Waals surface area contributed by atoms with E-state index in [1.165, 1.54) is 10.5 Å². The molecule has 0 aliphatic rings. The second-order valence-corrected chi connectivity index (χ2v) is 4.51. The van der Waals surface area contributed by atoms with Crippen molar-refractivity contribution in [2.75, 3.05) is 0 Å². The van der Waals surface area contributed by atoms with E-state index in [4.69, 9.17) is 5.73 Å². The molecule has 0 bridgehead atoms. The lowest BCUT2D eigenvalue weighted by atomic mass is 10.1. The minimum absolute atomic E-state index is 0.580. The molecule has 0 saturated carbocycles. The molecular weight excluding hydrogens is 218 g/mol. The average Bonchev–Trinajstić information content (AvgIpc) is 2.33. The van der Waals surface area contributed by atoms with Crippen molar-refractivity contribution in [3.63, 3.8) is 0 Å². The summed E-state index contributed by atoms with van der Waals surface area (Å²) in [6, 6.07) is 6.24. The maximum absolute atomic E-state index is 5.59. The Hall–Kier alpha value is -1.39. The van der Waals surface area contributed by atoms with Crippen molar-refractivity contribution in [2.24, 2.45) is 5.73 Å². The zero-order valence-corrected chi connectivity index (χ0v) is 9.87. The van der Waals surface area contributed by atoms with Crippen LogP contribution in [0.3, 0.4) is 0 Å². The summed E-state index contributed by atoms with van der Waals surface area (Å²) in [5, 5.41) is 0.908. The van der Waals surface area contributed by atoms with E-state index in [2.05, 4.69) is 29.0 Å². The van der Waals surface area contributed by atoms with Gasteiger partial charge in [0.05, 0.1) is 6.20 Å². The molecule has 82 valence electrons. The molecule has 0 spiro atoms. The Bertz CT molecular complexity index is 471. The standard InChI is InChI=1S/C12H13N3S/c1-9-6-10(7-13)2-3-11(9)16-12-8-14-4-5-15-12/h2-6,8H,7,13H2,1H3. The second kappa shape index (κ2) is 5.09. The fourth-order valence-corrected chi connectivity index (χ4v) is 2.21. The number of hydrogen-bond acceptors (Lipinski definition) is 4. The lowest BCUT2D eigenvalue weighted by Crippen LogP contribution is -1.96. The summed E-state index contributed by atoms with van der Waals surface area (Å²) in [6.45, 7) is 2.66. The number of hydrogen-bond donors (Lipinski definition) is 1. The van der Waals surface area contributed by atoms with Gasteiger partial charge in [-0.05, 0) is 24.1 Å². The highest BCUT2D eigenvalue weighted by atomic mass is 32.2. The molecule has 0 radical (unpaired) electrons. The topological polar surface area (TPSA) is 51.8 Å². The number of aryl methyl sites for hydroxylation is 1. The van der Waals surface area contributed by atoms with Crippen LogP contribution in [0.4, 0.5) is 0 Å². The van der Waals surface area contributed by atoms with E-state index in [1.54, 1.807) is 30.4 Å². The molecule has 0 unspecified atom stereocenters. The molecule has 0 aliphatic heterocycles. The fraction of sp³-hybridized carbons (Fsp3) is 0.167. The number of aromatic nitrogens is 2. The minimum Gasteiger partial charge on any atom is -0.326 e. The zero-order chi connectivity index (χ0) is 11.4. The van der Waals surface area contributed by atoms with Crippen molar-refractivity contribution in [3.05, 3.63) is 47.9 Å². The quantitative estimate of drug-likeness (QED) is 0.881. The highest BCUT2D eigenvalue weighted by molar-refractivity contribution is 7.99. The van der Waals surface area contributed by atoms with Crippen LogP contribution in [0.2, 0.25) is 0 Å². The third-order valence-electron chi connectivity index (χ3n) is 2.23. The molecule has 1 aromatic carbocycles. The Morgan fingerprint density at radius 1 is 1.31 bits per heavy atom. The van der Waals surface area contributed by atoms with E-state index in [0.717, 1.165) is 10.6 Å². The third kappa shape index (κ3) is 2.59. The maximum atomic E-state index is 5.59. The van der Waals surface area contributed by atoms with Crippen molar-refractivity contribution in [1.82, 2.24) is 9.97 Å². The molecule has 0 saturated heterocycles. The van der Waals surface area contributed by atoms with Gasteiger partial charge in [0.1, 0.15) is 5.03 Å². The van der Waals surface area contributed by atoms with Gasteiger partial charge in [-0.2, -0.15) is 0 Å². The summed E-state index contributed by atoms with van der Waals surface area (Å²) in [5.74, 6) is 0. The number of nitrogens with zero attached hydrogens (tertiary/aromatic N) is 2. The van der Waals surface area contributed by atoms with Crippen molar-refractivity contribution < 1.29 is 0 Å². The predicted molar refractivity (Wildman–Crippen MR) is 65.2 cm³/mol. The SMILES string of the molecule is Cc1cc(CN)ccc1Sc1cnccn1. The number of benzene rings is 1. The number of rotatable bonds is 3. The largest absolute Gasteiger partial charge is 0.326 e. The molecule has 2 rings (SSSR count). The van der Waals surface area contributed by atoms with Crippen molar-refractivity contribution >= 4 is 11.8 Å². The molecule has 0 fully saturated rings. The first-order chi connectivity index (χ1) is 7.79. The van der Waals surface area contributed by atoms with Gasteiger partial charge in [0, 0.05) is 23.8 Å². The van der Waals surface area contributed by atoms with Gasteiger partial charge in [0.15, 0.2) is 0 Å². The Labute approximate surface area is 99.1 Å². The van der Waals surface area contributed by atoms with E-state index < -0.39 is 0 Å². The zero-order valence-electron chi connectivity index (χ0n) is 9.05. The average molecular weight is 231 g/mol. The molecule has 16 heavy (non-hydrogen) atoms. The summed E-state index contributed by atoms with van der Waals surface area (Å²) in [6.07, 6.45) is 5.14. The van der Waals surface area contributed by atoms with Crippen molar-refractivity contribution in [2.45, 2.75) is 23.4 Å². The van der Waals surface area contributed by atoms with Crippen LogP contribution >= 0.6 is 11.8 Å². The van der Waals surface area contributed by atoms with Gasteiger partial charge in [-0.25, -0.2) is 4.98 Å². The molecule has 4 heteroatoms. The fourth-order valence-electron chi connectivity index (χ4n) is 1.40. The van der Waals surface area contributed by atoms with Gasteiger partial charge >= 0.3 is 0 Å². The van der Waals surface area contributed by atoms with Gasteiger partial charge in [0.25, 0.3) is 0 Å². The van der Waals surface area contributed by atoms with E-state index in [-0.39, 0.29) is 0 Å². The van der Waals surface area contributed by atoms with E-state index in [0.29, 0.717) is 6.54 Å². The lowest BCUT2D eigenvalue weighted by molar-refractivity contribution is 1.04. The lowest BCUT2D eigenvalue weighted by Gasteiger charge is -2.06. The minimum atomic E-state index is 0.580. The molecule has 1 aromatic heterocycles.